The molecule has 0 aliphatic carbocycles. The first kappa shape index (κ1) is 49.6. The van der Waals surface area contributed by atoms with Crippen molar-refractivity contribution in [3.05, 3.63) is 124 Å². The summed E-state index contributed by atoms with van der Waals surface area (Å²) < 4.78 is 56.7. The summed E-state index contributed by atoms with van der Waals surface area (Å²) in [4.78, 5) is 40.4. The Morgan fingerprint density at radius 3 is 2.31 bits per heavy atom. The standard InChI is InChI=1S/C52H65F3N4O5/c1-36-23-25-38(26-24-36)15-13-22-48(60)57-29-11-9-20-45(56)49(61)58-30-32-63-47-34-41(28-27-39-18-14-19-43(37(39)2)40-16-7-6-8-17-40)44(52(53,54)55)33-42(47)35-59-31-12-10-21-46(59)50(62)64-51(3,4)5/h6-8,14,16-19,23-28,33-34,45-46H,9-13,15,20-22,29-32,35,56H2,1-5H3,(H,57,60)(H,58,61)/b28-27+/t45-,46-/m0/s1. The van der Waals surface area contributed by atoms with Gasteiger partial charge in [-0.2, -0.15) is 13.2 Å². The van der Waals surface area contributed by atoms with E-state index in [1.54, 1.807) is 26.8 Å². The Balaban J connectivity index is 1.24. The second-order valence-corrected chi connectivity index (χ2v) is 17.7. The molecule has 0 unspecified atom stereocenters. The number of carbonyl (C=O) groups is 3. The Bertz CT molecular complexity index is 2180. The monoisotopic (exact) mass is 882 g/mol. The molecular weight excluding hydrogens is 818 g/mol. The number of alkyl halides is 3. The highest BCUT2D eigenvalue weighted by Crippen LogP contribution is 2.38. The minimum atomic E-state index is -4.70. The molecule has 0 saturated carbocycles. The van der Waals surface area contributed by atoms with Gasteiger partial charge in [0.1, 0.15) is 24.0 Å². The van der Waals surface area contributed by atoms with E-state index >= 15 is 0 Å². The summed E-state index contributed by atoms with van der Waals surface area (Å²) in [6, 6.07) is 24.9. The zero-order chi connectivity index (χ0) is 46.3. The molecule has 1 fully saturated rings. The predicted octanol–water partition coefficient (Wildman–Crippen LogP) is 9.99. The largest absolute Gasteiger partial charge is 0.491 e. The summed E-state index contributed by atoms with van der Waals surface area (Å²) in [5.74, 6) is -0.573. The first-order valence-electron chi connectivity index (χ1n) is 22.5. The highest BCUT2D eigenvalue weighted by Gasteiger charge is 2.36. The molecule has 9 nitrogen and oxygen atoms in total. The van der Waals surface area contributed by atoms with Crippen LogP contribution in [0.5, 0.6) is 5.75 Å². The van der Waals surface area contributed by atoms with Gasteiger partial charge in [0.2, 0.25) is 11.8 Å². The molecule has 4 N–H and O–H groups in total. The summed E-state index contributed by atoms with van der Waals surface area (Å²) in [6.07, 6.45) is 4.30. The third-order valence-corrected chi connectivity index (χ3v) is 11.4. The number of benzene rings is 4. The summed E-state index contributed by atoms with van der Waals surface area (Å²) in [6.45, 7) is 10.4. The maximum Gasteiger partial charge on any atom is 0.417 e. The molecule has 4 aromatic carbocycles. The quantitative estimate of drug-likeness (QED) is 0.0459. The third kappa shape index (κ3) is 15.4. The van der Waals surface area contributed by atoms with Gasteiger partial charge < -0.3 is 25.8 Å². The van der Waals surface area contributed by atoms with E-state index in [4.69, 9.17) is 15.2 Å². The van der Waals surface area contributed by atoms with Gasteiger partial charge in [-0.25, -0.2) is 0 Å². The maximum absolute atomic E-state index is 14.9. The topological polar surface area (TPSA) is 123 Å². The van der Waals surface area contributed by atoms with Crippen LogP contribution in [0.15, 0.2) is 84.9 Å². The average Bonchev–Trinajstić information content (AvgIpc) is 3.25. The molecule has 0 bridgehead atoms. The highest BCUT2D eigenvalue weighted by atomic mass is 19.4. The SMILES string of the molecule is Cc1ccc(CCCC(=O)NCCCC[C@H](N)C(=O)NCCOc2cc(/C=C/c3cccc(-c4ccccc4)c3C)c(C(F)(F)F)cc2CN2CCCC[C@H]2C(=O)OC(C)(C)C)cc1. The molecule has 5 rings (SSSR count). The molecule has 4 aromatic rings. The van der Waals surface area contributed by atoms with Crippen molar-refractivity contribution < 1.29 is 37.0 Å². The fraction of sp³-hybridized carbons (Fsp3) is 0.442. The number of hydrogen-bond donors (Lipinski definition) is 3. The van der Waals surface area contributed by atoms with Crippen LogP contribution in [0.3, 0.4) is 0 Å². The van der Waals surface area contributed by atoms with E-state index in [9.17, 15) is 27.6 Å². The molecule has 12 heteroatoms. The lowest BCUT2D eigenvalue weighted by Gasteiger charge is -2.36. The van der Waals surface area contributed by atoms with Crippen LogP contribution in [0.1, 0.15) is 111 Å². The molecular formula is C52H65F3N4O5. The third-order valence-electron chi connectivity index (χ3n) is 11.4. The molecule has 1 saturated heterocycles. The molecule has 344 valence electrons. The van der Waals surface area contributed by atoms with Crippen LogP contribution in [-0.4, -0.2) is 66.6 Å². The molecule has 64 heavy (non-hydrogen) atoms. The van der Waals surface area contributed by atoms with E-state index in [0.29, 0.717) is 45.2 Å². The summed E-state index contributed by atoms with van der Waals surface area (Å²) in [5.41, 5.74) is 10.9. The highest BCUT2D eigenvalue weighted by molar-refractivity contribution is 5.81. The van der Waals surface area contributed by atoms with Crippen LogP contribution >= 0.6 is 0 Å². The first-order valence-corrected chi connectivity index (χ1v) is 22.5. The predicted molar refractivity (Wildman–Crippen MR) is 248 cm³/mol. The van der Waals surface area contributed by atoms with Crippen LogP contribution in [0.2, 0.25) is 0 Å². The van der Waals surface area contributed by atoms with Gasteiger partial charge in [0, 0.05) is 25.1 Å². The smallest absolute Gasteiger partial charge is 0.417 e. The number of nitrogens with two attached hydrogens (primary N) is 1. The lowest BCUT2D eigenvalue weighted by Crippen LogP contribution is -2.46. The normalized spacial score (nSPS) is 15.2. The number of likely N-dealkylation sites (tertiary alicyclic amines) is 1. The van der Waals surface area contributed by atoms with Crippen molar-refractivity contribution in [1.29, 1.82) is 0 Å². The van der Waals surface area contributed by atoms with Gasteiger partial charge in [-0.15, -0.1) is 0 Å². The number of halogens is 3. The average molecular weight is 883 g/mol. The fourth-order valence-corrected chi connectivity index (χ4v) is 7.87. The Morgan fingerprint density at radius 1 is 0.859 bits per heavy atom. The number of rotatable bonds is 20. The van der Waals surface area contributed by atoms with Gasteiger partial charge in [-0.05, 0) is 132 Å². The van der Waals surface area contributed by atoms with Crippen molar-refractivity contribution in [2.75, 3.05) is 26.2 Å². The summed E-state index contributed by atoms with van der Waals surface area (Å²) in [7, 11) is 0. The van der Waals surface area contributed by atoms with E-state index in [2.05, 4.69) is 34.9 Å². The van der Waals surface area contributed by atoms with Gasteiger partial charge in [-0.1, -0.05) is 96.9 Å². The second kappa shape index (κ2) is 23.5. The Kier molecular flexibility index (Phi) is 18.2. The summed E-state index contributed by atoms with van der Waals surface area (Å²) >= 11 is 0. The van der Waals surface area contributed by atoms with Crippen LogP contribution in [0.25, 0.3) is 23.3 Å². The Labute approximate surface area is 377 Å². The first-order chi connectivity index (χ1) is 30.5. The van der Waals surface area contributed by atoms with Crippen molar-refractivity contribution in [2.24, 2.45) is 5.73 Å². The molecule has 1 aliphatic heterocycles. The van der Waals surface area contributed by atoms with Crippen molar-refractivity contribution in [3.8, 4) is 16.9 Å². The minimum Gasteiger partial charge on any atom is -0.491 e. The van der Waals surface area contributed by atoms with E-state index < -0.39 is 35.4 Å². The van der Waals surface area contributed by atoms with Gasteiger partial charge in [-0.3, -0.25) is 19.3 Å². The molecule has 0 spiro atoms. The number of carbonyl (C=O) groups excluding carboxylic acids is 3. The number of nitrogens with zero attached hydrogens (tertiary/aromatic N) is 1. The zero-order valence-electron chi connectivity index (χ0n) is 38.0. The van der Waals surface area contributed by atoms with E-state index in [0.717, 1.165) is 54.0 Å². The number of amides is 2. The lowest BCUT2D eigenvalue weighted by atomic mass is 9.95. The van der Waals surface area contributed by atoms with Crippen LogP contribution in [0.4, 0.5) is 13.2 Å². The number of hydrogen-bond acceptors (Lipinski definition) is 7. The van der Waals surface area contributed by atoms with Gasteiger partial charge in [0.15, 0.2) is 0 Å². The maximum atomic E-state index is 14.9. The second-order valence-electron chi connectivity index (χ2n) is 17.7. The van der Waals surface area contributed by atoms with Crippen molar-refractivity contribution >= 4 is 29.9 Å². The molecule has 2 amide bonds. The Hall–Kier alpha value is -5.46. The fourth-order valence-electron chi connectivity index (χ4n) is 7.87. The summed E-state index contributed by atoms with van der Waals surface area (Å²) in [5, 5.41) is 5.73. The van der Waals surface area contributed by atoms with E-state index in [1.165, 1.54) is 23.3 Å². The number of esters is 1. The molecule has 0 aromatic heterocycles. The van der Waals surface area contributed by atoms with Crippen LogP contribution in [0, 0.1) is 13.8 Å². The number of unbranched alkanes of at least 4 members (excludes halogenated alkanes) is 1. The van der Waals surface area contributed by atoms with Crippen molar-refractivity contribution in [2.45, 2.75) is 123 Å². The van der Waals surface area contributed by atoms with Gasteiger partial charge in [0.25, 0.3) is 0 Å². The van der Waals surface area contributed by atoms with E-state index in [-0.39, 0.29) is 48.4 Å². The zero-order valence-corrected chi connectivity index (χ0v) is 38.0. The van der Waals surface area contributed by atoms with Crippen LogP contribution in [-0.2, 0) is 38.3 Å². The van der Waals surface area contributed by atoms with Gasteiger partial charge >= 0.3 is 12.1 Å². The number of aryl methyl sites for hydroxylation is 2. The number of nitrogens with one attached hydrogen (secondary N) is 2. The minimum absolute atomic E-state index is 0.00370. The molecule has 0 radical (unpaired) electrons. The van der Waals surface area contributed by atoms with Crippen molar-refractivity contribution in [1.82, 2.24) is 15.5 Å². The molecule has 1 aliphatic rings. The Morgan fingerprint density at radius 2 is 1.59 bits per heavy atom. The van der Waals surface area contributed by atoms with Gasteiger partial charge in [0.05, 0.1) is 18.2 Å². The van der Waals surface area contributed by atoms with Crippen LogP contribution < -0.4 is 21.1 Å². The lowest BCUT2D eigenvalue weighted by molar-refractivity contribution is -0.163. The number of ether oxygens (including phenoxy) is 2. The molecule has 2 atom stereocenters. The van der Waals surface area contributed by atoms with Crippen molar-refractivity contribution in [3.63, 3.8) is 0 Å². The molecule has 1 heterocycles. The number of piperidine rings is 1. The van der Waals surface area contributed by atoms with E-state index in [1.807, 2.05) is 67.3 Å².